The molecule has 14 heavy (non-hydrogen) atoms. The smallest absolute Gasteiger partial charge is 0.320 e. The van der Waals surface area contributed by atoms with Crippen molar-refractivity contribution in [2.45, 2.75) is 12.5 Å². The minimum absolute atomic E-state index is 0.164. The van der Waals surface area contributed by atoms with E-state index in [0.29, 0.717) is 4.88 Å². The number of halogens is 1. The lowest BCUT2D eigenvalue weighted by molar-refractivity contribution is -0.138. The van der Waals surface area contributed by atoms with Crippen molar-refractivity contribution in [1.82, 2.24) is 0 Å². The lowest BCUT2D eigenvalue weighted by atomic mass is 10.1. The van der Waals surface area contributed by atoms with Crippen molar-refractivity contribution in [3.63, 3.8) is 0 Å². The molecular formula is C8H8BrNO3S. The summed E-state index contributed by atoms with van der Waals surface area (Å²) in [5.41, 5.74) is 5.23. The third-order valence-corrected chi connectivity index (χ3v) is 3.24. The normalized spacial score (nSPS) is 12.4. The zero-order valence-electron chi connectivity index (χ0n) is 7.07. The third-order valence-electron chi connectivity index (χ3n) is 1.57. The molecule has 0 aliphatic carbocycles. The van der Waals surface area contributed by atoms with Crippen LogP contribution in [0.1, 0.15) is 16.1 Å². The second-order valence-corrected chi connectivity index (χ2v) is 5.14. The van der Waals surface area contributed by atoms with Gasteiger partial charge in [0.15, 0.2) is 5.78 Å². The molecule has 0 spiro atoms. The van der Waals surface area contributed by atoms with E-state index in [1.165, 1.54) is 11.3 Å². The van der Waals surface area contributed by atoms with Crippen molar-refractivity contribution < 1.29 is 14.7 Å². The number of hydrogen-bond donors (Lipinski definition) is 2. The van der Waals surface area contributed by atoms with Gasteiger partial charge in [-0.15, -0.1) is 11.3 Å². The summed E-state index contributed by atoms with van der Waals surface area (Å²) in [7, 11) is 0. The van der Waals surface area contributed by atoms with Gasteiger partial charge in [0.1, 0.15) is 6.04 Å². The van der Waals surface area contributed by atoms with Gasteiger partial charge < -0.3 is 10.8 Å². The number of rotatable bonds is 4. The molecule has 0 radical (unpaired) electrons. The SMILES string of the molecule is N[C@H](CC(=O)c1ccc(Br)s1)C(=O)O. The maximum atomic E-state index is 11.4. The van der Waals surface area contributed by atoms with Crippen molar-refractivity contribution in [2.75, 3.05) is 0 Å². The van der Waals surface area contributed by atoms with Crippen molar-refractivity contribution in [3.8, 4) is 0 Å². The van der Waals surface area contributed by atoms with Gasteiger partial charge in [0, 0.05) is 6.42 Å². The van der Waals surface area contributed by atoms with Gasteiger partial charge in [0.2, 0.25) is 0 Å². The first-order valence-corrected chi connectivity index (χ1v) is 5.38. The van der Waals surface area contributed by atoms with Crippen LogP contribution in [0.15, 0.2) is 15.9 Å². The maximum absolute atomic E-state index is 11.4. The van der Waals surface area contributed by atoms with Crippen LogP contribution in [0.25, 0.3) is 0 Å². The van der Waals surface area contributed by atoms with E-state index < -0.39 is 12.0 Å². The van der Waals surface area contributed by atoms with Gasteiger partial charge in [-0.2, -0.15) is 0 Å². The Morgan fingerprint density at radius 1 is 1.57 bits per heavy atom. The third kappa shape index (κ3) is 2.90. The van der Waals surface area contributed by atoms with Gasteiger partial charge in [-0.05, 0) is 28.1 Å². The van der Waals surface area contributed by atoms with E-state index >= 15 is 0 Å². The molecule has 0 bridgehead atoms. The number of nitrogens with two attached hydrogens (primary N) is 1. The standard InChI is InChI=1S/C8H8BrNO3S/c9-7-2-1-6(14-7)5(11)3-4(10)8(12)13/h1-2,4H,3,10H2,(H,12,13)/t4-/m1/s1. The summed E-state index contributed by atoms with van der Waals surface area (Å²) in [6.45, 7) is 0. The molecule has 0 aliphatic rings. The van der Waals surface area contributed by atoms with E-state index in [1.54, 1.807) is 12.1 Å². The van der Waals surface area contributed by atoms with Crippen LogP contribution in [0.3, 0.4) is 0 Å². The van der Waals surface area contributed by atoms with E-state index in [0.717, 1.165) is 3.79 Å². The van der Waals surface area contributed by atoms with Crippen molar-refractivity contribution >= 4 is 39.0 Å². The highest BCUT2D eigenvalue weighted by molar-refractivity contribution is 9.11. The van der Waals surface area contributed by atoms with E-state index in [2.05, 4.69) is 15.9 Å². The number of aliphatic carboxylic acids is 1. The Balaban J connectivity index is 2.63. The number of carbonyl (C=O) groups excluding carboxylic acids is 1. The zero-order chi connectivity index (χ0) is 10.7. The molecule has 76 valence electrons. The Bertz CT molecular complexity index is 363. The van der Waals surface area contributed by atoms with Crippen molar-refractivity contribution in [2.24, 2.45) is 5.73 Å². The number of carboxylic acid groups (broad SMARTS) is 1. The highest BCUT2D eigenvalue weighted by atomic mass is 79.9. The highest BCUT2D eigenvalue weighted by Gasteiger charge is 2.18. The number of carbonyl (C=O) groups is 2. The van der Waals surface area contributed by atoms with Gasteiger partial charge in [0.05, 0.1) is 8.66 Å². The molecule has 0 fully saturated rings. The topological polar surface area (TPSA) is 80.4 Å². The Hall–Kier alpha value is -0.720. The summed E-state index contributed by atoms with van der Waals surface area (Å²) in [4.78, 5) is 22.3. The van der Waals surface area contributed by atoms with Gasteiger partial charge in [-0.1, -0.05) is 0 Å². The van der Waals surface area contributed by atoms with Crippen LogP contribution in [0.2, 0.25) is 0 Å². The molecule has 0 unspecified atom stereocenters. The van der Waals surface area contributed by atoms with Gasteiger partial charge in [-0.3, -0.25) is 9.59 Å². The lowest BCUT2D eigenvalue weighted by Crippen LogP contribution is -2.32. The monoisotopic (exact) mass is 277 g/mol. The molecule has 0 saturated carbocycles. The maximum Gasteiger partial charge on any atom is 0.320 e. The van der Waals surface area contributed by atoms with E-state index in [-0.39, 0.29) is 12.2 Å². The van der Waals surface area contributed by atoms with Crippen LogP contribution >= 0.6 is 27.3 Å². The minimum atomic E-state index is -1.16. The van der Waals surface area contributed by atoms with Crippen LogP contribution in [0, 0.1) is 0 Å². The van der Waals surface area contributed by atoms with E-state index in [9.17, 15) is 9.59 Å². The summed E-state index contributed by atoms with van der Waals surface area (Å²) in [6.07, 6.45) is -0.164. The molecule has 6 heteroatoms. The quantitative estimate of drug-likeness (QED) is 0.818. The number of ketones is 1. The Labute approximate surface area is 92.9 Å². The Morgan fingerprint density at radius 3 is 2.64 bits per heavy atom. The molecule has 1 rings (SSSR count). The van der Waals surface area contributed by atoms with E-state index in [4.69, 9.17) is 10.8 Å². The summed E-state index contributed by atoms with van der Waals surface area (Å²) in [6, 6.07) is 2.26. The highest BCUT2D eigenvalue weighted by Crippen LogP contribution is 2.23. The molecule has 4 nitrogen and oxygen atoms in total. The number of thiophene rings is 1. The Morgan fingerprint density at radius 2 is 2.21 bits per heavy atom. The number of hydrogen-bond acceptors (Lipinski definition) is 4. The van der Waals surface area contributed by atoms with Crippen LogP contribution in [0.4, 0.5) is 0 Å². The fraction of sp³-hybridized carbons (Fsp3) is 0.250. The molecule has 1 heterocycles. The summed E-state index contributed by atoms with van der Waals surface area (Å²) in [5, 5.41) is 8.50. The zero-order valence-corrected chi connectivity index (χ0v) is 9.47. The van der Waals surface area contributed by atoms with Gasteiger partial charge in [-0.25, -0.2) is 0 Å². The Kier molecular flexibility index (Phi) is 3.79. The fourth-order valence-corrected chi connectivity index (χ4v) is 2.19. The predicted molar refractivity (Wildman–Crippen MR) is 56.6 cm³/mol. The first-order valence-electron chi connectivity index (χ1n) is 3.77. The molecule has 0 amide bonds. The van der Waals surface area contributed by atoms with Gasteiger partial charge >= 0.3 is 5.97 Å². The summed E-state index contributed by atoms with van der Waals surface area (Å²) in [5.74, 6) is -1.40. The molecule has 0 aromatic carbocycles. The first-order chi connectivity index (χ1) is 6.50. The predicted octanol–water partition coefficient (Wildman–Crippen LogP) is 1.50. The molecule has 1 atom stereocenters. The average molecular weight is 278 g/mol. The largest absolute Gasteiger partial charge is 0.480 e. The minimum Gasteiger partial charge on any atom is -0.480 e. The first kappa shape index (κ1) is 11.4. The molecule has 0 aliphatic heterocycles. The molecule has 0 saturated heterocycles. The van der Waals surface area contributed by atoms with Crippen LogP contribution < -0.4 is 5.73 Å². The lowest BCUT2D eigenvalue weighted by Gasteiger charge is -2.02. The summed E-state index contributed by atoms with van der Waals surface area (Å²) < 4.78 is 0.838. The molecular weight excluding hydrogens is 270 g/mol. The van der Waals surface area contributed by atoms with E-state index in [1.807, 2.05) is 0 Å². The number of carboxylic acids is 1. The number of Topliss-reactive ketones (excluding diaryl/α,β-unsaturated/α-hetero) is 1. The summed E-state index contributed by atoms with van der Waals surface area (Å²) >= 11 is 4.48. The van der Waals surface area contributed by atoms with Crippen LogP contribution in [-0.4, -0.2) is 22.9 Å². The van der Waals surface area contributed by atoms with Crippen LogP contribution in [-0.2, 0) is 4.79 Å². The fourth-order valence-electron chi connectivity index (χ4n) is 0.852. The second-order valence-electron chi connectivity index (χ2n) is 2.68. The van der Waals surface area contributed by atoms with Crippen LogP contribution in [0.5, 0.6) is 0 Å². The van der Waals surface area contributed by atoms with Gasteiger partial charge in [0.25, 0.3) is 0 Å². The van der Waals surface area contributed by atoms with Crippen molar-refractivity contribution in [1.29, 1.82) is 0 Å². The second kappa shape index (κ2) is 4.68. The van der Waals surface area contributed by atoms with Crippen molar-refractivity contribution in [3.05, 3.63) is 20.8 Å². The average Bonchev–Trinajstić information content (AvgIpc) is 2.51. The molecule has 1 aromatic rings. The molecule has 1 aromatic heterocycles. The molecule has 3 N–H and O–H groups in total.